The van der Waals surface area contributed by atoms with E-state index in [1.54, 1.807) is 35.2 Å². The Labute approximate surface area is 142 Å². The van der Waals surface area contributed by atoms with Crippen LogP contribution in [0.25, 0.3) is 10.2 Å². The maximum Gasteiger partial charge on any atom is 0.251 e. The third kappa shape index (κ3) is 4.10. The Morgan fingerprint density at radius 2 is 1.96 bits per heavy atom. The van der Waals surface area contributed by atoms with Gasteiger partial charge in [-0.15, -0.1) is 11.3 Å². The van der Waals surface area contributed by atoms with Crippen molar-refractivity contribution in [2.75, 3.05) is 13.2 Å². The molecular formula is C17H16N2O2S2. The number of benzene rings is 2. The number of aliphatic hydroxyl groups excluding tert-OH is 1. The van der Waals surface area contributed by atoms with Crippen LogP contribution in [0.5, 0.6) is 0 Å². The summed E-state index contributed by atoms with van der Waals surface area (Å²) in [5, 5.41) is 11.4. The van der Waals surface area contributed by atoms with Gasteiger partial charge in [-0.3, -0.25) is 4.79 Å². The Balaban J connectivity index is 1.61. The highest BCUT2D eigenvalue weighted by Gasteiger charge is 2.06. The number of nitrogens with one attached hydrogen (secondary N) is 1. The van der Waals surface area contributed by atoms with Crippen LogP contribution in [0.1, 0.15) is 15.9 Å². The van der Waals surface area contributed by atoms with E-state index in [0.29, 0.717) is 5.56 Å². The van der Waals surface area contributed by atoms with E-state index in [2.05, 4.69) is 16.4 Å². The fourth-order valence-electron chi connectivity index (χ4n) is 2.08. The second-order valence-corrected chi connectivity index (χ2v) is 7.17. The molecule has 3 aromatic rings. The average Bonchev–Trinajstić information content (AvgIpc) is 3.01. The number of thiazole rings is 1. The number of rotatable bonds is 6. The molecule has 0 fully saturated rings. The zero-order valence-electron chi connectivity index (χ0n) is 12.4. The van der Waals surface area contributed by atoms with Gasteiger partial charge in [0.1, 0.15) is 0 Å². The molecular weight excluding hydrogens is 328 g/mol. The van der Waals surface area contributed by atoms with Crippen molar-refractivity contribution in [2.45, 2.75) is 10.1 Å². The first-order chi connectivity index (χ1) is 11.3. The Bertz CT molecular complexity index is 767. The molecule has 0 unspecified atom stereocenters. The van der Waals surface area contributed by atoms with Crippen LogP contribution in [0, 0.1) is 0 Å². The van der Waals surface area contributed by atoms with E-state index in [0.717, 1.165) is 21.2 Å². The molecule has 0 radical (unpaired) electrons. The first-order valence-corrected chi connectivity index (χ1v) is 9.03. The van der Waals surface area contributed by atoms with Gasteiger partial charge in [0.2, 0.25) is 0 Å². The van der Waals surface area contributed by atoms with Crippen LogP contribution in [-0.2, 0) is 5.75 Å². The van der Waals surface area contributed by atoms with Crippen LogP contribution >= 0.6 is 23.1 Å². The van der Waals surface area contributed by atoms with Gasteiger partial charge in [0.25, 0.3) is 5.91 Å². The second kappa shape index (κ2) is 7.59. The first kappa shape index (κ1) is 16.0. The summed E-state index contributed by atoms with van der Waals surface area (Å²) < 4.78 is 2.25. The third-order valence-electron chi connectivity index (χ3n) is 3.25. The topological polar surface area (TPSA) is 62.2 Å². The van der Waals surface area contributed by atoms with E-state index in [1.165, 1.54) is 4.70 Å². The molecule has 0 aliphatic heterocycles. The van der Waals surface area contributed by atoms with Crippen LogP contribution in [0.15, 0.2) is 52.9 Å². The summed E-state index contributed by atoms with van der Waals surface area (Å²) in [5.41, 5.74) is 2.79. The molecule has 0 bridgehead atoms. The number of aliphatic hydroxyl groups is 1. The maximum absolute atomic E-state index is 11.8. The molecule has 3 rings (SSSR count). The molecule has 0 aliphatic carbocycles. The van der Waals surface area contributed by atoms with Gasteiger partial charge in [0.05, 0.1) is 16.8 Å². The first-order valence-electron chi connectivity index (χ1n) is 7.22. The molecule has 4 nitrogen and oxygen atoms in total. The van der Waals surface area contributed by atoms with Crippen molar-refractivity contribution in [1.82, 2.24) is 10.3 Å². The molecule has 0 aliphatic rings. The number of amides is 1. The second-order valence-electron chi connectivity index (χ2n) is 4.91. The van der Waals surface area contributed by atoms with Gasteiger partial charge >= 0.3 is 0 Å². The lowest BCUT2D eigenvalue weighted by Gasteiger charge is -2.04. The minimum Gasteiger partial charge on any atom is -0.395 e. The van der Waals surface area contributed by atoms with Gasteiger partial charge in [0, 0.05) is 17.9 Å². The van der Waals surface area contributed by atoms with Gasteiger partial charge in [0.15, 0.2) is 4.34 Å². The highest BCUT2D eigenvalue weighted by molar-refractivity contribution is 8.00. The zero-order valence-corrected chi connectivity index (χ0v) is 14.0. The van der Waals surface area contributed by atoms with Crippen molar-refractivity contribution in [3.05, 3.63) is 59.7 Å². The molecule has 0 saturated heterocycles. The summed E-state index contributed by atoms with van der Waals surface area (Å²) in [5.74, 6) is 0.655. The highest BCUT2D eigenvalue weighted by Crippen LogP contribution is 2.31. The molecule has 0 spiro atoms. The monoisotopic (exact) mass is 344 g/mol. The molecule has 0 saturated carbocycles. The van der Waals surface area contributed by atoms with E-state index >= 15 is 0 Å². The number of fused-ring (bicyclic) bond motifs is 1. The zero-order chi connectivity index (χ0) is 16.1. The largest absolute Gasteiger partial charge is 0.395 e. The SMILES string of the molecule is O=C(NCCO)c1ccc(CSc2nc3ccccc3s2)cc1. The van der Waals surface area contributed by atoms with Gasteiger partial charge in [-0.1, -0.05) is 36.0 Å². The number of para-hydroxylation sites is 1. The predicted octanol–water partition coefficient (Wildman–Crippen LogP) is 3.31. The number of hydrogen-bond acceptors (Lipinski definition) is 5. The summed E-state index contributed by atoms with van der Waals surface area (Å²) in [4.78, 5) is 16.4. The van der Waals surface area contributed by atoms with Crippen LogP contribution < -0.4 is 5.32 Å². The van der Waals surface area contributed by atoms with Gasteiger partial charge in [-0.2, -0.15) is 0 Å². The number of carbonyl (C=O) groups excluding carboxylic acids is 1. The fourth-order valence-corrected chi connectivity index (χ4v) is 4.11. The summed E-state index contributed by atoms with van der Waals surface area (Å²) in [6.07, 6.45) is 0. The number of carbonyl (C=O) groups is 1. The fraction of sp³-hybridized carbons (Fsp3) is 0.176. The highest BCUT2D eigenvalue weighted by atomic mass is 32.2. The smallest absolute Gasteiger partial charge is 0.251 e. The number of thioether (sulfide) groups is 1. The minimum absolute atomic E-state index is 0.0529. The Morgan fingerprint density at radius 1 is 1.17 bits per heavy atom. The average molecular weight is 344 g/mol. The number of aromatic nitrogens is 1. The van der Waals surface area contributed by atoms with Crippen molar-refractivity contribution in [3.8, 4) is 0 Å². The normalized spacial score (nSPS) is 10.8. The van der Waals surface area contributed by atoms with E-state index in [4.69, 9.17) is 5.11 Å². The van der Waals surface area contributed by atoms with Gasteiger partial charge in [-0.05, 0) is 29.8 Å². The lowest BCUT2D eigenvalue weighted by atomic mass is 10.1. The Hall–Kier alpha value is -1.89. The summed E-state index contributed by atoms with van der Waals surface area (Å²) >= 11 is 3.40. The van der Waals surface area contributed by atoms with E-state index in [9.17, 15) is 4.79 Å². The molecule has 23 heavy (non-hydrogen) atoms. The van der Waals surface area contributed by atoms with Crippen LogP contribution in [0.4, 0.5) is 0 Å². The molecule has 0 atom stereocenters. The van der Waals surface area contributed by atoms with Crippen molar-refractivity contribution >= 4 is 39.2 Å². The van der Waals surface area contributed by atoms with Crippen molar-refractivity contribution in [2.24, 2.45) is 0 Å². The van der Waals surface area contributed by atoms with Crippen LogP contribution in [0.3, 0.4) is 0 Å². The van der Waals surface area contributed by atoms with Crippen molar-refractivity contribution in [1.29, 1.82) is 0 Å². The summed E-state index contributed by atoms with van der Waals surface area (Å²) in [6.45, 7) is 0.219. The molecule has 2 aromatic carbocycles. The summed E-state index contributed by atoms with van der Waals surface area (Å²) in [7, 11) is 0. The van der Waals surface area contributed by atoms with Gasteiger partial charge in [-0.25, -0.2) is 4.98 Å². The van der Waals surface area contributed by atoms with Crippen molar-refractivity contribution in [3.63, 3.8) is 0 Å². The Morgan fingerprint density at radius 3 is 2.70 bits per heavy atom. The van der Waals surface area contributed by atoms with E-state index in [-0.39, 0.29) is 19.1 Å². The Kier molecular flexibility index (Phi) is 5.27. The van der Waals surface area contributed by atoms with E-state index < -0.39 is 0 Å². The molecule has 1 aromatic heterocycles. The molecule has 6 heteroatoms. The number of nitrogens with zero attached hydrogens (tertiary/aromatic N) is 1. The van der Waals surface area contributed by atoms with Crippen LogP contribution in [-0.4, -0.2) is 29.1 Å². The third-order valence-corrected chi connectivity index (χ3v) is 5.50. The predicted molar refractivity (Wildman–Crippen MR) is 95.0 cm³/mol. The van der Waals surface area contributed by atoms with Crippen molar-refractivity contribution < 1.29 is 9.90 Å². The van der Waals surface area contributed by atoms with E-state index in [1.807, 2.05) is 30.3 Å². The van der Waals surface area contributed by atoms with Gasteiger partial charge < -0.3 is 10.4 Å². The molecule has 1 heterocycles. The summed E-state index contributed by atoms with van der Waals surface area (Å²) in [6, 6.07) is 15.6. The number of hydrogen-bond donors (Lipinski definition) is 2. The quantitative estimate of drug-likeness (QED) is 0.674. The standard InChI is InChI=1S/C17H16N2O2S2/c20-10-9-18-16(21)13-7-5-12(6-8-13)11-22-17-19-14-3-1-2-4-15(14)23-17/h1-8,20H,9-11H2,(H,18,21). The minimum atomic E-state index is -0.163. The lowest BCUT2D eigenvalue weighted by molar-refractivity contribution is 0.0945. The lowest BCUT2D eigenvalue weighted by Crippen LogP contribution is -2.26. The molecule has 2 N–H and O–H groups in total. The van der Waals surface area contributed by atoms with Crippen LogP contribution in [0.2, 0.25) is 0 Å². The molecule has 118 valence electrons. The maximum atomic E-state index is 11.8. The molecule has 1 amide bonds.